The summed E-state index contributed by atoms with van der Waals surface area (Å²) in [6.45, 7) is 0.293. The zero-order chi connectivity index (χ0) is 31.9. The number of carbonyl (C=O) groups is 2. The van der Waals surface area contributed by atoms with Crippen LogP contribution in [0.25, 0.3) is 21.3 Å². The lowest BCUT2D eigenvalue weighted by atomic mass is 9.97. The highest BCUT2D eigenvalue weighted by Crippen LogP contribution is 2.40. The fraction of sp³-hybridized carbons (Fsp3) is 0.250. The summed E-state index contributed by atoms with van der Waals surface area (Å²) in [5.74, 6) is -0.560. The lowest BCUT2D eigenvalue weighted by Crippen LogP contribution is -2.31. The standard InChI is InChI=1S/C36H34N2O6S2/c39-21-23-9-11-25(12-10-23)31-19-28(22-45-36-38-30-7-3-4-8-32(30)46-36)43-35(44-31)26-15-13-24(14-16-26)29-6-2-1-5-27(29)20-37-33(40)17-18-34(41)42/h1-16,28,31,35,39H,17-22H2,(H,37,40)(H,41,42)/t28-,31+,35+/m0/s1. The van der Waals surface area contributed by atoms with Gasteiger partial charge in [-0.15, -0.1) is 11.3 Å². The van der Waals surface area contributed by atoms with E-state index in [0.717, 1.165) is 49.0 Å². The lowest BCUT2D eigenvalue weighted by molar-refractivity contribution is -0.245. The number of aliphatic hydroxyl groups excluding tert-OH is 1. The number of carboxylic acid groups (broad SMARTS) is 1. The quantitative estimate of drug-likeness (QED) is 0.120. The largest absolute Gasteiger partial charge is 0.481 e. The normalized spacial score (nSPS) is 18.0. The Bertz CT molecular complexity index is 1760. The van der Waals surface area contributed by atoms with E-state index in [9.17, 15) is 14.7 Å². The van der Waals surface area contributed by atoms with Gasteiger partial charge in [0.15, 0.2) is 10.6 Å². The minimum absolute atomic E-state index is 0.00839. The molecule has 0 bridgehead atoms. The first-order chi connectivity index (χ1) is 22.4. The molecule has 0 saturated carbocycles. The molecule has 1 amide bonds. The van der Waals surface area contributed by atoms with Crippen LogP contribution in [0.1, 0.15) is 53.9 Å². The van der Waals surface area contributed by atoms with Gasteiger partial charge in [-0.1, -0.05) is 96.7 Å². The van der Waals surface area contributed by atoms with Crippen molar-refractivity contribution in [3.05, 3.63) is 119 Å². The number of nitrogens with zero attached hydrogens (tertiary/aromatic N) is 1. The number of hydrogen-bond donors (Lipinski definition) is 3. The first-order valence-electron chi connectivity index (χ1n) is 15.1. The van der Waals surface area contributed by atoms with Crippen LogP contribution >= 0.6 is 23.1 Å². The summed E-state index contributed by atoms with van der Waals surface area (Å²) in [6.07, 6.45) is -0.399. The van der Waals surface area contributed by atoms with Gasteiger partial charge < -0.3 is 25.0 Å². The predicted molar refractivity (Wildman–Crippen MR) is 179 cm³/mol. The Morgan fingerprint density at radius 2 is 1.63 bits per heavy atom. The molecular formula is C36H34N2O6S2. The van der Waals surface area contributed by atoms with Crippen molar-refractivity contribution in [3.63, 3.8) is 0 Å². The van der Waals surface area contributed by atoms with E-state index in [1.807, 2.05) is 91.0 Å². The Morgan fingerprint density at radius 1 is 0.891 bits per heavy atom. The highest BCUT2D eigenvalue weighted by molar-refractivity contribution is 8.01. The molecule has 2 heterocycles. The van der Waals surface area contributed by atoms with Crippen LogP contribution in [-0.4, -0.2) is 38.9 Å². The summed E-state index contributed by atoms with van der Waals surface area (Å²) in [5.41, 5.74) is 6.68. The van der Waals surface area contributed by atoms with Gasteiger partial charge in [0.2, 0.25) is 5.91 Å². The summed E-state index contributed by atoms with van der Waals surface area (Å²) < 4.78 is 15.3. The van der Waals surface area contributed by atoms with Gasteiger partial charge in [-0.25, -0.2) is 4.98 Å². The van der Waals surface area contributed by atoms with Crippen LogP contribution in [0.2, 0.25) is 0 Å². The molecule has 46 heavy (non-hydrogen) atoms. The molecule has 0 unspecified atom stereocenters. The molecule has 236 valence electrons. The maximum atomic E-state index is 12.1. The number of thioether (sulfide) groups is 1. The minimum Gasteiger partial charge on any atom is -0.481 e. The molecule has 3 atom stereocenters. The molecule has 0 aliphatic carbocycles. The molecule has 0 spiro atoms. The van der Waals surface area contributed by atoms with Crippen LogP contribution in [-0.2, 0) is 32.2 Å². The third-order valence-corrected chi connectivity index (χ3v) is 10.1. The molecule has 0 radical (unpaired) electrons. The number of carbonyl (C=O) groups excluding carboxylic acids is 1. The van der Waals surface area contributed by atoms with Gasteiger partial charge in [0.05, 0.1) is 35.5 Å². The number of ether oxygens (including phenoxy) is 2. The molecule has 1 saturated heterocycles. The summed E-state index contributed by atoms with van der Waals surface area (Å²) in [4.78, 5) is 27.7. The number of aliphatic carboxylic acids is 1. The molecule has 1 aliphatic rings. The molecule has 1 aliphatic heterocycles. The Balaban J connectivity index is 1.18. The van der Waals surface area contributed by atoms with Crippen LogP contribution in [0.15, 0.2) is 101 Å². The van der Waals surface area contributed by atoms with Gasteiger partial charge in [0.25, 0.3) is 0 Å². The third-order valence-electron chi connectivity index (χ3n) is 7.84. The van der Waals surface area contributed by atoms with E-state index in [0.29, 0.717) is 13.0 Å². The topological polar surface area (TPSA) is 118 Å². The second-order valence-corrected chi connectivity index (χ2v) is 13.4. The van der Waals surface area contributed by atoms with Crippen LogP contribution in [0.5, 0.6) is 0 Å². The van der Waals surface area contributed by atoms with Gasteiger partial charge in [-0.05, 0) is 39.9 Å². The Morgan fingerprint density at radius 3 is 2.39 bits per heavy atom. The monoisotopic (exact) mass is 654 g/mol. The molecule has 4 aromatic carbocycles. The fourth-order valence-electron chi connectivity index (χ4n) is 5.38. The van der Waals surface area contributed by atoms with Crippen LogP contribution in [0.4, 0.5) is 0 Å². The van der Waals surface area contributed by atoms with Crippen molar-refractivity contribution < 1.29 is 29.3 Å². The van der Waals surface area contributed by atoms with Crippen molar-refractivity contribution in [2.24, 2.45) is 0 Å². The number of aliphatic hydroxyl groups is 1. The summed E-state index contributed by atoms with van der Waals surface area (Å²) >= 11 is 3.39. The SMILES string of the molecule is O=C(O)CCC(=O)NCc1ccccc1-c1ccc([C@@H]2O[C@H](CSc3nc4ccccc4s3)C[C@H](c3ccc(CO)cc3)O2)cc1. The third kappa shape index (κ3) is 8.01. The smallest absolute Gasteiger partial charge is 0.303 e. The summed E-state index contributed by atoms with van der Waals surface area (Å²) in [7, 11) is 0. The number of hydrogen-bond acceptors (Lipinski definition) is 8. The fourth-order valence-corrected chi connectivity index (χ4v) is 7.49. The first kappa shape index (κ1) is 31.9. The second kappa shape index (κ2) is 15.0. The minimum atomic E-state index is -0.995. The van der Waals surface area contributed by atoms with E-state index in [1.165, 1.54) is 4.70 Å². The first-order valence-corrected chi connectivity index (χ1v) is 16.9. The number of nitrogens with one attached hydrogen (secondary N) is 1. The number of benzene rings is 4. The maximum absolute atomic E-state index is 12.1. The van der Waals surface area contributed by atoms with Crippen molar-refractivity contribution in [2.75, 3.05) is 5.75 Å². The van der Waals surface area contributed by atoms with Gasteiger partial charge >= 0.3 is 5.97 Å². The molecule has 8 nitrogen and oxygen atoms in total. The van der Waals surface area contributed by atoms with E-state index < -0.39 is 12.3 Å². The van der Waals surface area contributed by atoms with Gasteiger partial charge in [0, 0.05) is 30.7 Å². The molecule has 10 heteroatoms. The highest BCUT2D eigenvalue weighted by atomic mass is 32.2. The maximum Gasteiger partial charge on any atom is 0.303 e. The Hall–Kier alpha value is -4.06. The molecule has 6 rings (SSSR count). The number of aromatic nitrogens is 1. The molecule has 5 aromatic rings. The van der Waals surface area contributed by atoms with Crippen LogP contribution in [0.3, 0.4) is 0 Å². The summed E-state index contributed by atoms with van der Waals surface area (Å²) in [5, 5.41) is 21.2. The Labute approximate surface area is 275 Å². The molecule has 1 aromatic heterocycles. The summed E-state index contributed by atoms with van der Waals surface area (Å²) in [6, 6.07) is 31.9. The molecule has 3 N–H and O–H groups in total. The van der Waals surface area contributed by atoms with Crippen molar-refractivity contribution >= 4 is 45.2 Å². The zero-order valence-electron chi connectivity index (χ0n) is 25.0. The average Bonchev–Trinajstić information content (AvgIpc) is 3.52. The zero-order valence-corrected chi connectivity index (χ0v) is 26.6. The number of fused-ring (bicyclic) bond motifs is 1. The number of amides is 1. The number of carboxylic acids is 1. The van der Waals surface area contributed by atoms with E-state index in [4.69, 9.17) is 19.6 Å². The highest BCUT2D eigenvalue weighted by Gasteiger charge is 2.32. The number of rotatable bonds is 12. The number of para-hydroxylation sites is 1. The van der Waals surface area contributed by atoms with Crippen molar-refractivity contribution in [1.29, 1.82) is 0 Å². The van der Waals surface area contributed by atoms with Crippen molar-refractivity contribution in [3.8, 4) is 11.1 Å². The van der Waals surface area contributed by atoms with E-state index in [1.54, 1.807) is 23.1 Å². The number of thiazole rings is 1. The van der Waals surface area contributed by atoms with Crippen LogP contribution in [0, 0.1) is 0 Å². The van der Waals surface area contributed by atoms with Crippen molar-refractivity contribution in [1.82, 2.24) is 10.3 Å². The van der Waals surface area contributed by atoms with Gasteiger partial charge in [-0.3, -0.25) is 9.59 Å². The average molecular weight is 655 g/mol. The van der Waals surface area contributed by atoms with Gasteiger partial charge in [-0.2, -0.15) is 0 Å². The molecular weight excluding hydrogens is 621 g/mol. The molecule has 1 fully saturated rings. The van der Waals surface area contributed by atoms with Gasteiger partial charge in [0.1, 0.15) is 0 Å². The predicted octanol–water partition coefficient (Wildman–Crippen LogP) is 7.27. The van der Waals surface area contributed by atoms with E-state index in [-0.39, 0.29) is 37.6 Å². The van der Waals surface area contributed by atoms with Crippen LogP contribution < -0.4 is 5.32 Å². The van der Waals surface area contributed by atoms with Crippen molar-refractivity contribution in [2.45, 2.75) is 55.3 Å². The Kier molecular flexibility index (Phi) is 10.4. The second-order valence-electron chi connectivity index (χ2n) is 11.1. The van der Waals surface area contributed by atoms with E-state index in [2.05, 4.69) is 11.4 Å². The lowest BCUT2D eigenvalue weighted by Gasteiger charge is -2.36. The van der Waals surface area contributed by atoms with E-state index >= 15 is 0 Å².